The highest BCUT2D eigenvalue weighted by Crippen LogP contribution is 2.36. The van der Waals surface area contributed by atoms with Crippen molar-refractivity contribution in [3.63, 3.8) is 0 Å². The highest BCUT2D eigenvalue weighted by atomic mass is 79.9. The minimum absolute atomic E-state index is 0.686. The molecule has 0 saturated heterocycles. The van der Waals surface area contributed by atoms with Crippen LogP contribution in [-0.2, 0) is 0 Å². The van der Waals surface area contributed by atoms with Gasteiger partial charge in [-0.2, -0.15) is 0 Å². The molecule has 5 aromatic carbocycles. The lowest BCUT2D eigenvalue weighted by atomic mass is 10.0. The molecule has 0 aliphatic carbocycles. The van der Waals surface area contributed by atoms with E-state index in [9.17, 15) is 0 Å². The van der Waals surface area contributed by atoms with Crippen LogP contribution in [0, 0.1) is 0 Å². The minimum atomic E-state index is 0.686. The van der Waals surface area contributed by atoms with Crippen LogP contribution in [0.25, 0.3) is 61.4 Å². The molecule has 0 fully saturated rings. The number of fused-ring (bicyclic) bond motifs is 3. The van der Waals surface area contributed by atoms with Crippen LogP contribution in [0.5, 0.6) is 0 Å². The molecule has 7 aromatic rings. The molecule has 2 heterocycles. The van der Waals surface area contributed by atoms with Crippen LogP contribution < -0.4 is 0 Å². The number of nitrogens with zero attached hydrogens (tertiary/aromatic N) is 3. The summed E-state index contributed by atoms with van der Waals surface area (Å²) in [6.45, 7) is 0. The van der Waals surface area contributed by atoms with Gasteiger partial charge in [-0.3, -0.25) is 4.57 Å². The topological polar surface area (TPSA) is 30.7 Å². The molecule has 0 aliphatic heterocycles. The Morgan fingerprint density at radius 3 is 1.85 bits per heavy atom. The summed E-state index contributed by atoms with van der Waals surface area (Å²) in [5.41, 5.74) is 7.44. The van der Waals surface area contributed by atoms with E-state index in [0.29, 0.717) is 5.82 Å². The number of hydrogen-bond acceptors (Lipinski definition) is 2. The molecular formula is C34H21Br2N3. The zero-order chi connectivity index (χ0) is 26.3. The number of aromatic nitrogens is 3. The molecule has 39 heavy (non-hydrogen) atoms. The Balaban J connectivity index is 1.52. The van der Waals surface area contributed by atoms with E-state index >= 15 is 0 Å². The van der Waals surface area contributed by atoms with Gasteiger partial charge in [-0.15, -0.1) is 0 Å². The molecule has 0 atom stereocenters. The largest absolute Gasteiger partial charge is 0.294 e. The van der Waals surface area contributed by atoms with Crippen molar-refractivity contribution in [1.29, 1.82) is 0 Å². The van der Waals surface area contributed by atoms with Crippen molar-refractivity contribution >= 4 is 53.7 Å². The number of hydrogen-bond donors (Lipinski definition) is 0. The Kier molecular flexibility index (Phi) is 6.11. The van der Waals surface area contributed by atoms with Gasteiger partial charge in [0.05, 0.1) is 16.7 Å². The third-order valence-corrected chi connectivity index (χ3v) is 7.83. The van der Waals surface area contributed by atoms with Crippen LogP contribution >= 0.6 is 31.9 Å². The molecule has 0 radical (unpaired) electrons. The van der Waals surface area contributed by atoms with E-state index in [1.807, 2.05) is 24.3 Å². The average Bonchev–Trinajstić information content (AvgIpc) is 3.31. The average molecular weight is 631 g/mol. The summed E-state index contributed by atoms with van der Waals surface area (Å²) in [6, 6.07) is 44.2. The van der Waals surface area contributed by atoms with Crippen molar-refractivity contribution < 1.29 is 0 Å². The second kappa shape index (κ2) is 9.92. The van der Waals surface area contributed by atoms with Crippen LogP contribution in [0.15, 0.2) is 136 Å². The molecule has 0 aliphatic rings. The summed E-state index contributed by atoms with van der Waals surface area (Å²) < 4.78 is 4.22. The Morgan fingerprint density at radius 2 is 1.10 bits per heavy atom. The third-order valence-electron chi connectivity index (χ3n) is 6.91. The predicted molar refractivity (Wildman–Crippen MR) is 168 cm³/mol. The number of rotatable bonds is 4. The summed E-state index contributed by atoms with van der Waals surface area (Å²) in [5, 5.41) is 2.38. The monoisotopic (exact) mass is 629 g/mol. The van der Waals surface area contributed by atoms with Crippen molar-refractivity contribution in [3.05, 3.63) is 136 Å². The molecule has 0 bridgehead atoms. The van der Waals surface area contributed by atoms with Gasteiger partial charge in [-0.25, -0.2) is 9.97 Å². The Bertz CT molecular complexity index is 1960. The van der Waals surface area contributed by atoms with Crippen LogP contribution in [0.4, 0.5) is 0 Å². The van der Waals surface area contributed by atoms with Crippen molar-refractivity contribution in [2.24, 2.45) is 0 Å². The normalized spacial score (nSPS) is 11.3. The number of benzene rings is 5. The van der Waals surface area contributed by atoms with Crippen LogP contribution in [-0.4, -0.2) is 14.5 Å². The second-order valence-electron chi connectivity index (χ2n) is 9.41. The Labute approximate surface area is 243 Å². The molecule has 0 unspecified atom stereocenters. The van der Waals surface area contributed by atoms with E-state index in [2.05, 4.69) is 140 Å². The van der Waals surface area contributed by atoms with Gasteiger partial charge in [0.15, 0.2) is 5.82 Å². The first-order valence-corrected chi connectivity index (χ1v) is 14.2. The van der Waals surface area contributed by atoms with Crippen molar-refractivity contribution in [3.8, 4) is 39.6 Å². The second-order valence-corrected chi connectivity index (χ2v) is 11.2. The van der Waals surface area contributed by atoms with Crippen molar-refractivity contribution in [2.75, 3.05) is 0 Å². The molecule has 186 valence electrons. The minimum Gasteiger partial charge on any atom is -0.294 e. The zero-order valence-electron chi connectivity index (χ0n) is 20.7. The highest BCUT2D eigenvalue weighted by Gasteiger charge is 2.17. The molecule has 3 nitrogen and oxygen atoms in total. The van der Waals surface area contributed by atoms with E-state index < -0.39 is 0 Å². The molecule has 0 amide bonds. The van der Waals surface area contributed by atoms with Crippen LogP contribution in [0.3, 0.4) is 0 Å². The lowest BCUT2D eigenvalue weighted by Crippen LogP contribution is -2.02. The summed E-state index contributed by atoms with van der Waals surface area (Å²) in [4.78, 5) is 10.1. The first-order chi connectivity index (χ1) is 19.1. The van der Waals surface area contributed by atoms with Gasteiger partial charge in [0.1, 0.15) is 5.82 Å². The van der Waals surface area contributed by atoms with Gasteiger partial charge in [0.2, 0.25) is 0 Å². The number of para-hydroxylation sites is 1. The van der Waals surface area contributed by atoms with Gasteiger partial charge in [0, 0.05) is 36.9 Å². The van der Waals surface area contributed by atoms with Gasteiger partial charge in [-0.1, -0.05) is 117 Å². The van der Waals surface area contributed by atoms with E-state index in [1.165, 1.54) is 21.9 Å². The van der Waals surface area contributed by atoms with Crippen LogP contribution in [0.1, 0.15) is 0 Å². The molecule has 0 saturated carbocycles. The fraction of sp³-hybridized carbons (Fsp3) is 0. The lowest BCUT2D eigenvalue weighted by Gasteiger charge is -2.12. The fourth-order valence-electron chi connectivity index (χ4n) is 5.14. The summed E-state index contributed by atoms with van der Waals surface area (Å²) in [6.07, 6.45) is 0. The molecule has 0 spiro atoms. The quantitative estimate of drug-likeness (QED) is 0.194. The first-order valence-electron chi connectivity index (χ1n) is 12.6. The summed E-state index contributed by atoms with van der Waals surface area (Å²) in [7, 11) is 0. The maximum absolute atomic E-state index is 5.13. The molecular weight excluding hydrogens is 610 g/mol. The molecule has 5 heteroatoms. The van der Waals surface area contributed by atoms with E-state index in [4.69, 9.17) is 9.97 Å². The van der Waals surface area contributed by atoms with E-state index in [0.717, 1.165) is 42.6 Å². The van der Waals surface area contributed by atoms with Crippen molar-refractivity contribution in [1.82, 2.24) is 14.5 Å². The Hall–Kier alpha value is -4.06. The molecule has 2 aromatic heterocycles. The maximum atomic E-state index is 5.13. The smallest absolute Gasteiger partial charge is 0.162 e. The van der Waals surface area contributed by atoms with E-state index in [1.54, 1.807) is 0 Å². The predicted octanol–water partition coefficient (Wildman–Crippen LogP) is 10.1. The van der Waals surface area contributed by atoms with Gasteiger partial charge < -0.3 is 0 Å². The zero-order valence-corrected chi connectivity index (χ0v) is 23.9. The SMILES string of the molecule is Brc1cc(Br)cc(-c2cc(-n3c4ccccc4c4cc(-c5ccccc5)ccc43)nc(-c3ccccc3)n2)c1. The summed E-state index contributed by atoms with van der Waals surface area (Å²) in [5.74, 6) is 1.51. The fourth-order valence-corrected chi connectivity index (χ4v) is 6.44. The van der Waals surface area contributed by atoms with Crippen molar-refractivity contribution in [2.45, 2.75) is 0 Å². The third kappa shape index (κ3) is 4.48. The Morgan fingerprint density at radius 1 is 0.462 bits per heavy atom. The van der Waals surface area contributed by atoms with Crippen LogP contribution in [0.2, 0.25) is 0 Å². The number of halogens is 2. The lowest BCUT2D eigenvalue weighted by molar-refractivity contribution is 1.05. The van der Waals surface area contributed by atoms with Gasteiger partial charge in [-0.05, 0) is 47.5 Å². The van der Waals surface area contributed by atoms with Gasteiger partial charge >= 0.3 is 0 Å². The molecule has 0 N–H and O–H groups in total. The van der Waals surface area contributed by atoms with E-state index in [-0.39, 0.29) is 0 Å². The highest BCUT2D eigenvalue weighted by molar-refractivity contribution is 9.11. The first kappa shape index (κ1) is 24.0. The summed E-state index contributed by atoms with van der Waals surface area (Å²) >= 11 is 7.29. The maximum Gasteiger partial charge on any atom is 0.162 e. The molecule has 7 rings (SSSR count). The standard InChI is InChI=1S/C34H21Br2N3/c35-26-17-25(18-27(36)20-26)30-21-33(38-34(37-30)23-11-5-2-6-12-23)39-31-14-8-7-13-28(31)29-19-24(15-16-32(29)39)22-9-3-1-4-10-22/h1-21H. The van der Waals surface area contributed by atoms with Gasteiger partial charge in [0.25, 0.3) is 0 Å².